The Hall–Kier alpha value is -2.92. The van der Waals surface area contributed by atoms with Crippen molar-refractivity contribution >= 4 is 11.6 Å². The van der Waals surface area contributed by atoms with Gasteiger partial charge in [-0.05, 0) is 44.0 Å². The lowest BCUT2D eigenvalue weighted by Crippen LogP contribution is -2.19. The second-order valence-corrected chi connectivity index (χ2v) is 7.20. The first kappa shape index (κ1) is 19.8. The minimum absolute atomic E-state index is 0.0603. The normalized spacial score (nSPS) is 12.0. The summed E-state index contributed by atoms with van der Waals surface area (Å²) in [5.41, 5.74) is 6.68. The number of nitrogens with one attached hydrogen (secondary N) is 2. The van der Waals surface area contributed by atoms with Gasteiger partial charge in [0.05, 0.1) is 12.2 Å². The molecule has 1 unspecified atom stereocenters. The van der Waals surface area contributed by atoms with Gasteiger partial charge in [0.25, 0.3) is 0 Å². The molecule has 1 amide bonds. The monoisotopic (exact) mass is 376 g/mol. The van der Waals surface area contributed by atoms with Gasteiger partial charge in [-0.2, -0.15) is 5.10 Å². The smallest absolute Gasteiger partial charge is 0.221 e. The molecule has 1 heterocycles. The summed E-state index contributed by atoms with van der Waals surface area (Å²) in [5.74, 6) is -0.0603. The lowest BCUT2D eigenvalue weighted by molar-refractivity contribution is -0.114. The summed E-state index contributed by atoms with van der Waals surface area (Å²) in [6, 6.07) is 18.5. The van der Waals surface area contributed by atoms with Gasteiger partial charge in [-0.15, -0.1) is 0 Å². The van der Waals surface area contributed by atoms with E-state index in [-0.39, 0.29) is 11.9 Å². The summed E-state index contributed by atoms with van der Waals surface area (Å²) < 4.78 is 2.07. The van der Waals surface area contributed by atoms with Gasteiger partial charge in [0.1, 0.15) is 0 Å². The first-order valence-corrected chi connectivity index (χ1v) is 9.61. The molecule has 5 heteroatoms. The van der Waals surface area contributed by atoms with Crippen molar-refractivity contribution in [1.82, 2.24) is 15.1 Å². The van der Waals surface area contributed by atoms with Gasteiger partial charge in [0, 0.05) is 36.5 Å². The lowest BCUT2D eigenvalue weighted by atomic mass is 10.1. The Morgan fingerprint density at radius 3 is 2.57 bits per heavy atom. The highest BCUT2D eigenvalue weighted by Gasteiger charge is 2.13. The number of rotatable bonds is 7. The van der Waals surface area contributed by atoms with Crippen molar-refractivity contribution in [2.75, 3.05) is 5.32 Å². The molecule has 0 aliphatic rings. The van der Waals surface area contributed by atoms with E-state index >= 15 is 0 Å². The third-order valence-electron chi connectivity index (χ3n) is 5.00. The number of hydrogen-bond acceptors (Lipinski definition) is 3. The van der Waals surface area contributed by atoms with Crippen molar-refractivity contribution in [2.45, 2.75) is 46.8 Å². The van der Waals surface area contributed by atoms with Crippen molar-refractivity contribution in [1.29, 1.82) is 0 Å². The largest absolute Gasteiger partial charge is 0.326 e. The van der Waals surface area contributed by atoms with Crippen LogP contribution >= 0.6 is 0 Å². The van der Waals surface area contributed by atoms with Gasteiger partial charge in [0.2, 0.25) is 5.91 Å². The van der Waals surface area contributed by atoms with E-state index in [4.69, 9.17) is 5.10 Å². The number of aromatic nitrogens is 2. The molecule has 3 rings (SSSR count). The molecule has 0 aliphatic heterocycles. The Bertz CT molecular complexity index is 946. The Balaban J connectivity index is 1.68. The Morgan fingerprint density at radius 2 is 1.86 bits per heavy atom. The van der Waals surface area contributed by atoms with Crippen molar-refractivity contribution in [2.24, 2.45) is 0 Å². The van der Waals surface area contributed by atoms with Gasteiger partial charge >= 0.3 is 0 Å². The molecule has 1 aromatic heterocycles. The summed E-state index contributed by atoms with van der Waals surface area (Å²) in [4.78, 5) is 11.3. The SMILES string of the molecule is CC(=O)Nc1cccc(C(C)NCc2c(C)nn(Cc3ccccc3)c2C)c1. The van der Waals surface area contributed by atoms with E-state index in [1.165, 1.54) is 23.7 Å². The van der Waals surface area contributed by atoms with Crippen LogP contribution in [0.5, 0.6) is 0 Å². The topological polar surface area (TPSA) is 59.0 Å². The molecule has 146 valence electrons. The molecule has 0 bridgehead atoms. The van der Waals surface area contributed by atoms with Crippen LogP contribution in [0.3, 0.4) is 0 Å². The number of hydrogen-bond donors (Lipinski definition) is 2. The predicted octanol–water partition coefficient (Wildman–Crippen LogP) is 4.36. The fourth-order valence-electron chi connectivity index (χ4n) is 3.36. The molecule has 3 aromatic rings. The van der Waals surface area contributed by atoms with E-state index in [0.29, 0.717) is 0 Å². The number of benzene rings is 2. The van der Waals surface area contributed by atoms with E-state index in [1.54, 1.807) is 0 Å². The zero-order chi connectivity index (χ0) is 20.1. The van der Waals surface area contributed by atoms with E-state index < -0.39 is 0 Å². The summed E-state index contributed by atoms with van der Waals surface area (Å²) in [6.45, 7) is 9.37. The number of amides is 1. The molecule has 0 saturated carbocycles. The third-order valence-corrected chi connectivity index (χ3v) is 5.00. The highest BCUT2D eigenvalue weighted by Crippen LogP contribution is 2.20. The Labute approximate surface area is 166 Å². The van der Waals surface area contributed by atoms with Gasteiger partial charge < -0.3 is 10.6 Å². The highest BCUT2D eigenvalue weighted by molar-refractivity contribution is 5.88. The van der Waals surface area contributed by atoms with E-state index in [2.05, 4.69) is 66.4 Å². The van der Waals surface area contributed by atoms with Crippen LogP contribution < -0.4 is 10.6 Å². The average molecular weight is 377 g/mol. The van der Waals surface area contributed by atoms with Gasteiger partial charge in [0.15, 0.2) is 0 Å². The molecule has 0 aliphatic carbocycles. The molecular formula is C23H28N4O. The standard InChI is InChI=1S/C23H28N4O/c1-16(21-11-8-12-22(13-21)25-19(4)28)24-14-23-17(2)26-27(18(23)3)15-20-9-6-5-7-10-20/h5-13,16,24H,14-15H2,1-4H3,(H,25,28). The fraction of sp³-hybridized carbons (Fsp3) is 0.304. The molecule has 0 radical (unpaired) electrons. The van der Waals surface area contributed by atoms with Crippen LogP contribution in [0.25, 0.3) is 0 Å². The van der Waals surface area contributed by atoms with E-state index in [0.717, 1.165) is 30.0 Å². The zero-order valence-corrected chi connectivity index (χ0v) is 17.0. The first-order chi connectivity index (χ1) is 13.4. The van der Waals surface area contributed by atoms with Crippen LogP contribution in [-0.2, 0) is 17.9 Å². The van der Waals surface area contributed by atoms with Crippen LogP contribution in [0.15, 0.2) is 54.6 Å². The van der Waals surface area contributed by atoms with Crippen molar-refractivity contribution in [3.8, 4) is 0 Å². The Kier molecular flexibility index (Phi) is 6.26. The molecule has 1 atom stereocenters. The summed E-state index contributed by atoms with van der Waals surface area (Å²) in [7, 11) is 0. The van der Waals surface area contributed by atoms with Gasteiger partial charge in [-0.25, -0.2) is 0 Å². The second-order valence-electron chi connectivity index (χ2n) is 7.20. The quantitative estimate of drug-likeness (QED) is 0.644. The van der Waals surface area contributed by atoms with Crippen molar-refractivity contribution in [3.63, 3.8) is 0 Å². The number of anilines is 1. The first-order valence-electron chi connectivity index (χ1n) is 9.61. The minimum Gasteiger partial charge on any atom is -0.326 e. The zero-order valence-electron chi connectivity index (χ0n) is 17.0. The Morgan fingerprint density at radius 1 is 1.11 bits per heavy atom. The molecule has 0 spiro atoms. The van der Waals surface area contributed by atoms with Gasteiger partial charge in [-0.1, -0.05) is 42.5 Å². The number of aryl methyl sites for hydroxylation is 1. The maximum absolute atomic E-state index is 11.3. The summed E-state index contributed by atoms with van der Waals surface area (Å²) in [6.07, 6.45) is 0. The summed E-state index contributed by atoms with van der Waals surface area (Å²) >= 11 is 0. The van der Waals surface area contributed by atoms with E-state index in [9.17, 15) is 4.79 Å². The minimum atomic E-state index is -0.0603. The van der Waals surface area contributed by atoms with Gasteiger partial charge in [-0.3, -0.25) is 9.48 Å². The second kappa shape index (κ2) is 8.85. The van der Waals surface area contributed by atoms with Crippen LogP contribution in [0.2, 0.25) is 0 Å². The van der Waals surface area contributed by atoms with E-state index in [1.807, 2.05) is 24.3 Å². The number of nitrogens with zero attached hydrogens (tertiary/aromatic N) is 2. The predicted molar refractivity (Wildman–Crippen MR) is 113 cm³/mol. The van der Waals surface area contributed by atoms with Crippen LogP contribution in [-0.4, -0.2) is 15.7 Å². The molecule has 28 heavy (non-hydrogen) atoms. The number of carbonyl (C=O) groups excluding carboxylic acids is 1. The maximum Gasteiger partial charge on any atom is 0.221 e. The van der Waals surface area contributed by atoms with Crippen LogP contribution in [0.4, 0.5) is 5.69 Å². The van der Waals surface area contributed by atoms with Crippen LogP contribution in [0.1, 0.15) is 48.0 Å². The molecular weight excluding hydrogens is 348 g/mol. The molecule has 5 nitrogen and oxygen atoms in total. The summed E-state index contributed by atoms with van der Waals surface area (Å²) in [5, 5.41) is 11.2. The highest BCUT2D eigenvalue weighted by atomic mass is 16.1. The average Bonchev–Trinajstić information content (AvgIpc) is 2.93. The maximum atomic E-state index is 11.3. The van der Waals surface area contributed by atoms with Crippen molar-refractivity contribution in [3.05, 3.63) is 82.7 Å². The third kappa shape index (κ3) is 4.87. The fourth-order valence-corrected chi connectivity index (χ4v) is 3.36. The lowest BCUT2D eigenvalue weighted by Gasteiger charge is -2.16. The molecule has 2 aromatic carbocycles. The number of carbonyl (C=O) groups is 1. The molecule has 0 saturated heterocycles. The molecule has 0 fully saturated rings. The van der Waals surface area contributed by atoms with Crippen LogP contribution in [0, 0.1) is 13.8 Å². The molecule has 2 N–H and O–H groups in total. The van der Waals surface area contributed by atoms with Crippen molar-refractivity contribution < 1.29 is 4.79 Å².